The molecule has 0 amide bonds. The van der Waals surface area contributed by atoms with E-state index in [0.29, 0.717) is 6.42 Å². The molecular formula is C7H15NO3. The lowest BCUT2D eigenvalue weighted by Gasteiger charge is -2.22. The van der Waals surface area contributed by atoms with Crippen LogP contribution >= 0.6 is 0 Å². The summed E-state index contributed by atoms with van der Waals surface area (Å²) in [6.45, 7) is 3.83. The number of esters is 1. The van der Waals surface area contributed by atoms with E-state index < -0.39 is 5.41 Å². The summed E-state index contributed by atoms with van der Waals surface area (Å²) in [5, 5.41) is 0. The Hall–Kier alpha value is -0.610. The number of nitrogens with two attached hydrogens (primary N) is 1. The minimum atomic E-state index is -0.608. The summed E-state index contributed by atoms with van der Waals surface area (Å²) in [6.07, 6.45) is 0.650. The number of methoxy groups -OCH3 is 1. The Bertz CT molecular complexity index is 138. The molecule has 0 aromatic heterocycles. The maximum absolute atomic E-state index is 11.1. The molecule has 2 N–H and O–H groups in total. The fourth-order valence-electron chi connectivity index (χ4n) is 0.736. The van der Waals surface area contributed by atoms with Gasteiger partial charge in [0.2, 0.25) is 0 Å². The molecule has 0 radical (unpaired) electrons. The first-order valence-corrected chi connectivity index (χ1v) is 3.51. The van der Waals surface area contributed by atoms with Crippen LogP contribution in [-0.2, 0) is 14.4 Å². The Morgan fingerprint density at radius 3 is 2.45 bits per heavy atom. The minimum Gasteiger partial charge on any atom is -0.469 e. The monoisotopic (exact) mass is 161 g/mol. The van der Waals surface area contributed by atoms with E-state index in [1.54, 1.807) is 6.92 Å². The van der Waals surface area contributed by atoms with Gasteiger partial charge in [0.15, 0.2) is 0 Å². The van der Waals surface area contributed by atoms with E-state index in [4.69, 9.17) is 5.90 Å². The van der Waals surface area contributed by atoms with Crippen molar-refractivity contribution in [1.29, 1.82) is 0 Å². The fourth-order valence-corrected chi connectivity index (χ4v) is 0.736. The van der Waals surface area contributed by atoms with Gasteiger partial charge in [-0.05, 0) is 13.3 Å². The van der Waals surface area contributed by atoms with Crippen LogP contribution in [0, 0.1) is 5.41 Å². The molecule has 0 saturated heterocycles. The smallest absolute Gasteiger partial charge is 0.313 e. The molecule has 0 spiro atoms. The number of carbonyl (C=O) groups is 1. The molecule has 11 heavy (non-hydrogen) atoms. The van der Waals surface area contributed by atoms with Crippen molar-refractivity contribution < 1.29 is 14.4 Å². The highest BCUT2D eigenvalue weighted by Gasteiger charge is 2.32. The minimum absolute atomic E-state index is 0.191. The van der Waals surface area contributed by atoms with Gasteiger partial charge < -0.3 is 9.57 Å². The number of hydrogen-bond acceptors (Lipinski definition) is 4. The van der Waals surface area contributed by atoms with Gasteiger partial charge in [-0.25, -0.2) is 5.90 Å². The Labute approximate surface area is 66.6 Å². The number of rotatable bonds is 4. The summed E-state index contributed by atoms with van der Waals surface area (Å²) in [4.78, 5) is 15.5. The molecule has 0 bridgehead atoms. The lowest BCUT2D eigenvalue weighted by Crippen LogP contribution is -2.34. The van der Waals surface area contributed by atoms with Crippen molar-refractivity contribution in [3.05, 3.63) is 0 Å². The van der Waals surface area contributed by atoms with Gasteiger partial charge >= 0.3 is 5.97 Å². The predicted octanol–water partition coefficient (Wildman–Crippen LogP) is 0.466. The average molecular weight is 161 g/mol. The maximum Gasteiger partial charge on any atom is 0.313 e. The Morgan fingerprint density at radius 1 is 1.64 bits per heavy atom. The largest absolute Gasteiger partial charge is 0.469 e. The fraction of sp³-hybridized carbons (Fsp3) is 0.857. The predicted molar refractivity (Wildman–Crippen MR) is 40.6 cm³/mol. The molecule has 0 heterocycles. The van der Waals surface area contributed by atoms with Crippen molar-refractivity contribution in [2.75, 3.05) is 13.7 Å². The van der Waals surface area contributed by atoms with Crippen molar-refractivity contribution in [3.8, 4) is 0 Å². The third-order valence-electron chi connectivity index (χ3n) is 1.86. The van der Waals surface area contributed by atoms with E-state index in [9.17, 15) is 4.79 Å². The van der Waals surface area contributed by atoms with Crippen molar-refractivity contribution in [2.24, 2.45) is 11.3 Å². The van der Waals surface area contributed by atoms with Gasteiger partial charge in [-0.1, -0.05) is 6.92 Å². The van der Waals surface area contributed by atoms with E-state index in [2.05, 4.69) is 9.57 Å². The van der Waals surface area contributed by atoms with E-state index in [1.165, 1.54) is 7.11 Å². The Morgan fingerprint density at radius 2 is 2.18 bits per heavy atom. The highest BCUT2D eigenvalue weighted by Crippen LogP contribution is 2.22. The summed E-state index contributed by atoms with van der Waals surface area (Å²) in [6, 6.07) is 0. The van der Waals surface area contributed by atoms with E-state index in [1.807, 2.05) is 6.92 Å². The average Bonchev–Trinajstić information content (AvgIpc) is 2.03. The van der Waals surface area contributed by atoms with Crippen LogP contribution in [0.25, 0.3) is 0 Å². The standard InChI is InChI=1S/C7H15NO3/c1-4-7(2,5-11-8)6(9)10-3/h4-5,8H2,1-3H3. The molecule has 0 aliphatic heterocycles. The van der Waals surface area contributed by atoms with Crippen molar-refractivity contribution >= 4 is 5.97 Å². The maximum atomic E-state index is 11.1. The zero-order chi connectivity index (χ0) is 8.91. The normalized spacial score (nSPS) is 15.6. The Balaban J connectivity index is 4.19. The lowest BCUT2D eigenvalue weighted by molar-refractivity contribution is -0.155. The molecule has 0 aromatic rings. The molecule has 0 saturated carbocycles. The Kier molecular flexibility index (Phi) is 4.07. The molecule has 1 atom stereocenters. The van der Waals surface area contributed by atoms with Crippen molar-refractivity contribution in [1.82, 2.24) is 0 Å². The summed E-state index contributed by atoms with van der Waals surface area (Å²) < 4.78 is 4.58. The first kappa shape index (κ1) is 10.4. The molecular weight excluding hydrogens is 146 g/mol. The lowest BCUT2D eigenvalue weighted by atomic mass is 9.89. The van der Waals surface area contributed by atoms with Crippen LogP contribution in [0.15, 0.2) is 0 Å². The second-order valence-electron chi connectivity index (χ2n) is 2.72. The second kappa shape index (κ2) is 4.31. The van der Waals surface area contributed by atoms with Crippen LogP contribution in [0.4, 0.5) is 0 Å². The van der Waals surface area contributed by atoms with E-state index in [0.717, 1.165) is 0 Å². The molecule has 0 aliphatic rings. The van der Waals surface area contributed by atoms with Crippen LogP contribution in [0.1, 0.15) is 20.3 Å². The van der Waals surface area contributed by atoms with Gasteiger partial charge in [-0.3, -0.25) is 4.79 Å². The summed E-state index contributed by atoms with van der Waals surface area (Å²) in [5.74, 6) is 4.59. The summed E-state index contributed by atoms with van der Waals surface area (Å²) >= 11 is 0. The molecule has 4 nitrogen and oxygen atoms in total. The van der Waals surface area contributed by atoms with Gasteiger partial charge in [0.05, 0.1) is 19.1 Å². The first-order valence-electron chi connectivity index (χ1n) is 3.51. The third kappa shape index (κ3) is 2.48. The van der Waals surface area contributed by atoms with Crippen LogP contribution < -0.4 is 5.90 Å². The quantitative estimate of drug-likeness (QED) is 0.481. The highest BCUT2D eigenvalue weighted by atomic mass is 16.6. The van der Waals surface area contributed by atoms with Crippen molar-refractivity contribution in [3.63, 3.8) is 0 Å². The second-order valence-corrected chi connectivity index (χ2v) is 2.72. The van der Waals surface area contributed by atoms with Gasteiger partial charge in [-0.2, -0.15) is 0 Å². The van der Waals surface area contributed by atoms with Crippen molar-refractivity contribution in [2.45, 2.75) is 20.3 Å². The van der Waals surface area contributed by atoms with Crippen LogP contribution in [0.2, 0.25) is 0 Å². The molecule has 0 fully saturated rings. The van der Waals surface area contributed by atoms with Gasteiger partial charge in [0.25, 0.3) is 0 Å². The van der Waals surface area contributed by atoms with Crippen LogP contribution in [-0.4, -0.2) is 19.7 Å². The van der Waals surface area contributed by atoms with Crippen LogP contribution in [0.5, 0.6) is 0 Å². The van der Waals surface area contributed by atoms with Gasteiger partial charge in [-0.15, -0.1) is 0 Å². The van der Waals surface area contributed by atoms with Crippen LogP contribution in [0.3, 0.4) is 0 Å². The topological polar surface area (TPSA) is 61.5 Å². The van der Waals surface area contributed by atoms with E-state index >= 15 is 0 Å². The first-order chi connectivity index (χ1) is 5.10. The molecule has 0 aliphatic carbocycles. The van der Waals surface area contributed by atoms with Gasteiger partial charge in [0.1, 0.15) is 0 Å². The SMILES string of the molecule is CCC(C)(CON)C(=O)OC. The van der Waals surface area contributed by atoms with Gasteiger partial charge in [0, 0.05) is 0 Å². The summed E-state index contributed by atoms with van der Waals surface area (Å²) in [7, 11) is 1.35. The highest BCUT2D eigenvalue weighted by molar-refractivity contribution is 5.76. The molecule has 1 unspecified atom stereocenters. The summed E-state index contributed by atoms with van der Waals surface area (Å²) in [5.41, 5.74) is -0.608. The van der Waals surface area contributed by atoms with E-state index in [-0.39, 0.29) is 12.6 Å². The zero-order valence-electron chi connectivity index (χ0n) is 7.22. The molecule has 0 aromatic carbocycles. The number of carbonyl (C=O) groups excluding carboxylic acids is 1. The molecule has 4 heteroatoms. The zero-order valence-corrected chi connectivity index (χ0v) is 7.22. The third-order valence-corrected chi connectivity index (χ3v) is 1.86. The number of hydrogen-bond donors (Lipinski definition) is 1. The number of ether oxygens (including phenoxy) is 1. The molecule has 0 rings (SSSR count). The molecule has 66 valence electrons.